The van der Waals surface area contributed by atoms with Crippen LogP contribution >= 0.6 is 0 Å². The largest absolute Gasteiger partial charge is 0.345 e. The molecule has 0 saturated heterocycles. The summed E-state index contributed by atoms with van der Waals surface area (Å²) in [5.74, 6) is -1.22. The van der Waals surface area contributed by atoms with Crippen LogP contribution in [0.4, 0.5) is 5.69 Å². The fraction of sp³-hybridized carbons (Fsp3) is 0.429. The van der Waals surface area contributed by atoms with Gasteiger partial charge in [-0.25, -0.2) is 0 Å². The Morgan fingerprint density at radius 1 is 1.22 bits per heavy atom. The van der Waals surface area contributed by atoms with Crippen LogP contribution in [0.25, 0.3) is 0 Å². The van der Waals surface area contributed by atoms with E-state index in [2.05, 4.69) is 10.6 Å². The molecule has 1 rings (SSSR count). The quantitative estimate of drug-likeness (QED) is 0.805. The first-order chi connectivity index (χ1) is 8.43. The lowest BCUT2D eigenvalue weighted by atomic mass is 10.1. The molecule has 0 saturated carbocycles. The van der Waals surface area contributed by atoms with Crippen LogP contribution in [0.3, 0.4) is 0 Å². The Bertz CT molecular complexity index is 455. The Kier molecular flexibility index (Phi) is 4.89. The summed E-state index contributed by atoms with van der Waals surface area (Å²) in [7, 11) is 0. The molecule has 98 valence electrons. The number of hydrogen-bond acceptors (Lipinski definition) is 2. The van der Waals surface area contributed by atoms with Crippen molar-refractivity contribution in [2.24, 2.45) is 0 Å². The minimum atomic E-state index is -0.623. The molecule has 0 aliphatic heterocycles. The van der Waals surface area contributed by atoms with Crippen LogP contribution in [0, 0.1) is 13.8 Å². The predicted octanol–water partition coefficient (Wildman–Crippen LogP) is 2.16. The van der Waals surface area contributed by atoms with Gasteiger partial charge in [-0.15, -0.1) is 0 Å². The molecule has 1 aromatic rings. The van der Waals surface area contributed by atoms with Crippen LogP contribution in [-0.2, 0) is 9.59 Å². The van der Waals surface area contributed by atoms with Gasteiger partial charge in [0, 0.05) is 11.7 Å². The van der Waals surface area contributed by atoms with Crippen LogP contribution in [-0.4, -0.2) is 17.9 Å². The van der Waals surface area contributed by atoms with E-state index in [0.29, 0.717) is 5.69 Å². The standard InChI is InChI=1S/C14H20N2O2/c1-5-11(4)15-13(17)14(18)16-12-7-6-9(2)8-10(12)3/h6-8,11H,5H2,1-4H3,(H,15,17)(H,16,18)/t11-/m0/s1. The highest BCUT2D eigenvalue weighted by Gasteiger charge is 2.16. The predicted molar refractivity (Wildman–Crippen MR) is 72.4 cm³/mol. The first-order valence-corrected chi connectivity index (χ1v) is 6.13. The monoisotopic (exact) mass is 248 g/mol. The molecule has 0 radical (unpaired) electrons. The molecule has 0 aliphatic carbocycles. The van der Waals surface area contributed by atoms with Crippen molar-refractivity contribution in [3.8, 4) is 0 Å². The number of benzene rings is 1. The van der Waals surface area contributed by atoms with Gasteiger partial charge in [0.2, 0.25) is 0 Å². The van der Waals surface area contributed by atoms with E-state index in [1.807, 2.05) is 39.8 Å². The van der Waals surface area contributed by atoms with E-state index in [4.69, 9.17) is 0 Å². The van der Waals surface area contributed by atoms with Gasteiger partial charge < -0.3 is 10.6 Å². The lowest BCUT2D eigenvalue weighted by Crippen LogP contribution is -2.40. The van der Waals surface area contributed by atoms with Gasteiger partial charge in [-0.3, -0.25) is 9.59 Å². The second-order valence-electron chi connectivity index (χ2n) is 4.56. The van der Waals surface area contributed by atoms with Crippen LogP contribution in [0.15, 0.2) is 18.2 Å². The van der Waals surface area contributed by atoms with E-state index in [9.17, 15) is 9.59 Å². The number of amides is 2. The third-order valence-electron chi connectivity index (χ3n) is 2.83. The molecule has 1 atom stereocenters. The van der Waals surface area contributed by atoms with E-state index < -0.39 is 11.8 Å². The summed E-state index contributed by atoms with van der Waals surface area (Å²) in [6, 6.07) is 5.67. The molecule has 0 bridgehead atoms. The third kappa shape index (κ3) is 3.87. The topological polar surface area (TPSA) is 58.2 Å². The first kappa shape index (κ1) is 14.2. The number of anilines is 1. The molecular weight excluding hydrogens is 228 g/mol. The fourth-order valence-corrected chi connectivity index (χ4v) is 1.52. The number of carbonyl (C=O) groups is 2. The van der Waals surface area contributed by atoms with Crippen molar-refractivity contribution in [2.45, 2.75) is 40.2 Å². The average molecular weight is 248 g/mol. The summed E-state index contributed by atoms with van der Waals surface area (Å²) >= 11 is 0. The maximum Gasteiger partial charge on any atom is 0.313 e. The highest BCUT2D eigenvalue weighted by atomic mass is 16.2. The van der Waals surface area contributed by atoms with Gasteiger partial charge in [-0.1, -0.05) is 24.6 Å². The smallest absolute Gasteiger partial charge is 0.313 e. The maximum atomic E-state index is 11.7. The summed E-state index contributed by atoms with van der Waals surface area (Å²) in [6.07, 6.45) is 0.794. The van der Waals surface area contributed by atoms with Crippen LogP contribution in [0.2, 0.25) is 0 Å². The fourth-order valence-electron chi connectivity index (χ4n) is 1.52. The van der Waals surface area contributed by atoms with Crippen molar-refractivity contribution < 1.29 is 9.59 Å². The minimum absolute atomic E-state index is 0.00219. The van der Waals surface area contributed by atoms with E-state index in [1.165, 1.54) is 0 Å². The normalized spacial score (nSPS) is 11.8. The molecule has 4 nitrogen and oxygen atoms in total. The van der Waals surface area contributed by atoms with Gasteiger partial charge in [0.15, 0.2) is 0 Å². The van der Waals surface area contributed by atoms with Crippen molar-refractivity contribution in [2.75, 3.05) is 5.32 Å². The summed E-state index contributed by atoms with van der Waals surface area (Å²) in [4.78, 5) is 23.2. The van der Waals surface area contributed by atoms with Crippen LogP contribution in [0.1, 0.15) is 31.4 Å². The zero-order valence-corrected chi connectivity index (χ0v) is 11.3. The van der Waals surface area contributed by atoms with Crippen LogP contribution in [0.5, 0.6) is 0 Å². The summed E-state index contributed by atoms with van der Waals surface area (Å²) < 4.78 is 0. The molecule has 0 fully saturated rings. The van der Waals surface area contributed by atoms with Crippen molar-refractivity contribution in [1.82, 2.24) is 5.32 Å². The average Bonchev–Trinajstić information content (AvgIpc) is 2.32. The van der Waals surface area contributed by atoms with Gasteiger partial charge in [-0.05, 0) is 38.8 Å². The zero-order chi connectivity index (χ0) is 13.7. The van der Waals surface area contributed by atoms with Crippen molar-refractivity contribution >= 4 is 17.5 Å². The minimum Gasteiger partial charge on any atom is -0.345 e. The molecule has 0 aliphatic rings. The van der Waals surface area contributed by atoms with Gasteiger partial charge in [0.05, 0.1) is 0 Å². The molecule has 0 heterocycles. The Balaban J connectivity index is 2.67. The second-order valence-corrected chi connectivity index (χ2v) is 4.56. The highest BCUT2D eigenvalue weighted by molar-refractivity contribution is 6.39. The maximum absolute atomic E-state index is 11.7. The summed E-state index contributed by atoms with van der Waals surface area (Å²) in [5, 5.41) is 5.25. The number of hydrogen-bond donors (Lipinski definition) is 2. The summed E-state index contributed by atoms with van der Waals surface area (Å²) in [6.45, 7) is 7.69. The number of aryl methyl sites for hydroxylation is 2. The molecule has 4 heteroatoms. The Morgan fingerprint density at radius 3 is 2.44 bits per heavy atom. The van der Waals surface area contributed by atoms with Crippen molar-refractivity contribution in [3.05, 3.63) is 29.3 Å². The lowest BCUT2D eigenvalue weighted by Gasteiger charge is -2.12. The van der Waals surface area contributed by atoms with Gasteiger partial charge in [0.1, 0.15) is 0 Å². The number of rotatable bonds is 3. The van der Waals surface area contributed by atoms with Gasteiger partial charge >= 0.3 is 11.8 Å². The molecule has 1 aromatic carbocycles. The van der Waals surface area contributed by atoms with Gasteiger partial charge in [-0.2, -0.15) is 0 Å². The van der Waals surface area contributed by atoms with E-state index in [1.54, 1.807) is 6.07 Å². The highest BCUT2D eigenvalue weighted by Crippen LogP contribution is 2.15. The van der Waals surface area contributed by atoms with Crippen molar-refractivity contribution in [3.63, 3.8) is 0 Å². The van der Waals surface area contributed by atoms with Crippen LogP contribution < -0.4 is 10.6 Å². The van der Waals surface area contributed by atoms with Crippen molar-refractivity contribution in [1.29, 1.82) is 0 Å². The molecule has 2 N–H and O–H groups in total. The van der Waals surface area contributed by atoms with Gasteiger partial charge in [0.25, 0.3) is 0 Å². The summed E-state index contributed by atoms with van der Waals surface area (Å²) in [5.41, 5.74) is 2.74. The van der Waals surface area contributed by atoms with E-state index in [0.717, 1.165) is 17.5 Å². The second kappa shape index (κ2) is 6.19. The van der Waals surface area contributed by atoms with E-state index in [-0.39, 0.29) is 6.04 Å². The zero-order valence-electron chi connectivity index (χ0n) is 11.3. The van der Waals surface area contributed by atoms with E-state index >= 15 is 0 Å². The molecule has 0 aromatic heterocycles. The Labute approximate surface area is 108 Å². The lowest BCUT2D eigenvalue weighted by molar-refractivity contribution is -0.136. The molecular formula is C14H20N2O2. The third-order valence-corrected chi connectivity index (χ3v) is 2.83. The molecule has 18 heavy (non-hydrogen) atoms. The Morgan fingerprint density at radius 2 is 1.89 bits per heavy atom. The molecule has 0 spiro atoms. The Hall–Kier alpha value is -1.84. The molecule has 2 amide bonds. The SMILES string of the molecule is CC[C@H](C)NC(=O)C(=O)Nc1ccc(C)cc1C. The number of carbonyl (C=O) groups excluding carboxylic acids is 2. The number of nitrogens with one attached hydrogen (secondary N) is 2. The first-order valence-electron chi connectivity index (χ1n) is 6.13. The molecule has 0 unspecified atom stereocenters.